The van der Waals surface area contributed by atoms with Gasteiger partial charge in [0.15, 0.2) is 0 Å². The summed E-state index contributed by atoms with van der Waals surface area (Å²) in [5, 5.41) is 0. The Bertz CT molecular complexity index is 371. The molecule has 0 unspecified atom stereocenters. The number of ether oxygens (including phenoxy) is 1. The van der Waals surface area contributed by atoms with E-state index in [1.165, 1.54) is 7.11 Å². The molecule has 16 heavy (non-hydrogen) atoms. The maximum absolute atomic E-state index is 11.2. The van der Waals surface area contributed by atoms with Crippen molar-refractivity contribution in [2.24, 2.45) is 5.73 Å². The van der Waals surface area contributed by atoms with Gasteiger partial charge in [0.1, 0.15) is 0 Å². The molecule has 0 aromatic carbocycles. The quantitative estimate of drug-likeness (QED) is 0.728. The molecule has 86 valence electrons. The zero-order valence-electron chi connectivity index (χ0n) is 9.22. The average Bonchev–Trinajstić information content (AvgIpc) is 2.27. The van der Waals surface area contributed by atoms with E-state index in [1.807, 2.05) is 6.07 Å². The first-order valence-electron chi connectivity index (χ1n) is 5.20. The molecule has 0 spiro atoms. The molecule has 1 aliphatic heterocycles. The highest BCUT2D eigenvalue weighted by Gasteiger charge is 2.22. The SMILES string of the molecule is COC(=O)c1ccc(CN2CC(N)C2)nc1. The van der Waals surface area contributed by atoms with Gasteiger partial charge in [0.05, 0.1) is 18.4 Å². The van der Waals surface area contributed by atoms with E-state index in [-0.39, 0.29) is 5.97 Å². The number of nitrogens with two attached hydrogens (primary N) is 1. The molecule has 0 atom stereocenters. The van der Waals surface area contributed by atoms with Crippen LogP contribution in [-0.4, -0.2) is 42.1 Å². The molecule has 1 aromatic rings. The first-order chi connectivity index (χ1) is 7.69. The molecule has 0 saturated carbocycles. The van der Waals surface area contributed by atoms with Gasteiger partial charge in [-0.2, -0.15) is 0 Å². The molecule has 1 saturated heterocycles. The van der Waals surface area contributed by atoms with Crippen LogP contribution in [0.4, 0.5) is 0 Å². The fourth-order valence-electron chi connectivity index (χ4n) is 1.72. The summed E-state index contributed by atoms with van der Waals surface area (Å²) < 4.78 is 4.60. The van der Waals surface area contributed by atoms with Gasteiger partial charge in [0, 0.05) is 31.9 Å². The Morgan fingerprint density at radius 3 is 2.88 bits per heavy atom. The molecule has 2 heterocycles. The molecule has 0 radical (unpaired) electrons. The van der Waals surface area contributed by atoms with Crippen LogP contribution in [-0.2, 0) is 11.3 Å². The molecule has 2 rings (SSSR count). The zero-order valence-corrected chi connectivity index (χ0v) is 9.22. The molecule has 5 heteroatoms. The van der Waals surface area contributed by atoms with Crippen LogP contribution < -0.4 is 5.73 Å². The van der Waals surface area contributed by atoms with Crippen LogP contribution in [0.2, 0.25) is 0 Å². The molecule has 1 aliphatic rings. The number of carbonyl (C=O) groups excluding carboxylic acids is 1. The predicted molar refractivity (Wildman–Crippen MR) is 58.8 cm³/mol. The fourth-order valence-corrected chi connectivity index (χ4v) is 1.72. The van der Waals surface area contributed by atoms with Gasteiger partial charge in [-0.05, 0) is 12.1 Å². The monoisotopic (exact) mass is 221 g/mol. The molecule has 0 bridgehead atoms. The van der Waals surface area contributed by atoms with E-state index in [4.69, 9.17) is 5.73 Å². The van der Waals surface area contributed by atoms with Gasteiger partial charge in [0.2, 0.25) is 0 Å². The molecule has 0 aliphatic carbocycles. The van der Waals surface area contributed by atoms with Gasteiger partial charge in [0.25, 0.3) is 0 Å². The second-order valence-corrected chi connectivity index (χ2v) is 3.98. The number of methoxy groups -OCH3 is 1. The van der Waals surface area contributed by atoms with E-state index < -0.39 is 0 Å². The number of pyridine rings is 1. The van der Waals surface area contributed by atoms with E-state index in [1.54, 1.807) is 12.3 Å². The predicted octanol–water partition coefficient (Wildman–Crippen LogP) is 0.0111. The van der Waals surface area contributed by atoms with Gasteiger partial charge in [-0.3, -0.25) is 9.88 Å². The summed E-state index contributed by atoms with van der Waals surface area (Å²) in [7, 11) is 1.36. The highest BCUT2D eigenvalue weighted by Crippen LogP contribution is 2.10. The van der Waals surface area contributed by atoms with E-state index in [9.17, 15) is 4.79 Å². The van der Waals surface area contributed by atoms with Crippen molar-refractivity contribution in [2.75, 3.05) is 20.2 Å². The van der Waals surface area contributed by atoms with Gasteiger partial charge < -0.3 is 10.5 Å². The van der Waals surface area contributed by atoms with Crippen LogP contribution in [0.5, 0.6) is 0 Å². The van der Waals surface area contributed by atoms with Crippen LogP contribution in [0.25, 0.3) is 0 Å². The van der Waals surface area contributed by atoms with Gasteiger partial charge in [-0.1, -0.05) is 0 Å². The number of hydrogen-bond acceptors (Lipinski definition) is 5. The lowest BCUT2D eigenvalue weighted by Crippen LogP contribution is -2.54. The van der Waals surface area contributed by atoms with E-state index in [0.29, 0.717) is 11.6 Å². The maximum atomic E-state index is 11.2. The minimum atomic E-state index is -0.356. The number of hydrogen-bond donors (Lipinski definition) is 1. The van der Waals surface area contributed by atoms with Crippen molar-refractivity contribution >= 4 is 5.97 Å². The Balaban J connectivity index is 1.94. The van der Waals surface area contributed by atoms with E-state index in [0.717, 1.165) is 25.3 Å². The maximum Gasteiger partial charge on any atom is 0.339 e. The smallest absolute Gasteiger partial charge is 0.339 e. The fraction of sp³-hybridized carbons (Fsp3) is 0.455. The second-order valence-electron chi connectivity index (χ2n) is 3.98. The first-order valence-corrected chi connectivity index (χ1v) is 5.20. The molecule has 5 nitrogen and oxygen atoms in total. The van der Waals surface area contributed by atoms with Crippen molar-refractivity contribution in [3.63, 3.8) is 0 Å². The Kier molecular flexibility index (Phi) is 3.17. The highest BCUT2D eigenvalue weighted by molar-refractivity contribution is 5.88. The third-order valence-corrected chi connectivity index (χ3v) is 2.62. The van der Waals surface area contributed by atoms with Crippen LogP contribution in [0.1, 0.15) is 16.1 Å². The summed E-state index contributed by atoms with van der Waals surface area (Å²) in [6.07, 6.45) is 1.54. The average molecular weight is 221 g/mol. The van der Waals surface area contributed by atoms with Crippen molar-refractivity contribution in [1.29, 1.82) is 0 Å². The summed E-state index contributed by atoms with van der Waals surface area (Å²) in [5.41, 5.74) is 7.10. The highest BCUT2D eigenvalue weighted by atomic mass is 16.5. The molecular formula is C11H15N3O2. The number of nitrogens with zero attached hydrogens (tertiary/aromatic N) is 2. The zero-order chi connectivity index (χ0) is 11.5. The number of rotatable bonds is 3. The summed E-state index contributed by atoms with van der Waals surface area (Å²) in [4.78, 5) is 17.6. The largest absolute Gasteiger partial charge is 0.465 e. The summed E-state index contributed by atoms with van der Waals surface area (Å²) in [6, 6.07) is 3.87. The second kappa shape index (κ2) is 4.59. The molecule has 1 aromatic heterocycles. The normalized spacial score (nSPS) is 16.9. The third kappa shape index (κ3) is 2.37. The van der Waals surface area contributed by atoms with Crippen LogP contribution in [0.15, 0.2) is 18.3 Å². The Morgan fingerprint density at radius 1 is 1.62 bits per heavy atom. The minimum Gasteiger partial charge on any atom is -0.465 e. The minimum absolute atomic E-state index is 0.300. The third-order valence-electron chi connectivity index (χ3n) is 2.62. The standard InChI is InChI=1S/C11H15N3O2/c1-16-11(15)8-2-3-10(13-4-8)7-14-5-9(12)6-14/h2-4,9H,5-7,12H2,1H3. The van der Waals surface area contributed by atoms with E-state index in [2.05, 4.69) is 14.6 Å². The lowest BCUT2D eigenvalue weighted by Gasteiger charge is -2.36. The van der Waals surface area contributed by atoms with Crippen LogP contribution >= 0.6 is 0 Å². The van der Waals surface area contributed by atoms with Crippen molar-refractivity contribution in [3.05, 3.63) is 29.6 Å². The van der Waals surface area contributed by atoms with Crippen molar-refractivity contribution < 1.29 is 9.53 Å². The molecule has 1 fully saturated rings. The lowest BCUT2D eigenvalue weighted by atomic mass is 10.1. The summed E-state index contributed by atoms with van der Waals surface area (Å²) >= 11 is 0. The number of aromatic nitrogens is 1. The Morgan fingerprint density at radius 2 is 2.38 bits per heavy atom. The summed E-state index contributed by atoms with van der Waals surface area (Å²) in [5.74, 6) is -0.356. The van der Waals surface area contributed by atoms with Crippen LogP contribution in [0, 0.1) is 0 Å². The first kappa shape index (κ1) is 11.0. The van der Waals surface area contributed by atoms with Crippen molar-refractivity contribution in [3.8, 4) is 0 Å². The summed E-state index contributed by atoms with van der Waals surface area (Å²) in [6.45, 7) is 2.62. The van der Waals surface area contributed by atoms with Crippen molar-refractivity contribution in [1.82, 2.24) is 9.88 Å². The number of likely N-dealkylation sites (tertiary alicyclic amines) is 1. The number of esters is 1. The topological polar surface area (TPSA) is 68.5 Å². The Hall–Kier alpha value is -1.46. The van der Waals surface area contributed by atoms with Gasteiger partial charge in [-0.25, -0.2) is 4.79 Å². The van der Waals surface area contributed by atoms with Crippen LogP contribution in [0.3, 0.4) is 0 Å². The Labute approximate surface area is 94.2 Å². The van der Waals surface area contributed by atoms with Gasteiger partial charge >= 0.3 is 5.97 Å². The lowest BCUT2D eigenvalue weighted by molar-refractivity contribution is 0.0600. The number of carbonyl (C=O) groups is 1. The van der Waals surface area contributed by atoms with Gasteiger partial charge in [-0.15, -0.1) is 0 Å². The molecule has 2 N–H and O–H groups in total. The van der Waals surface area contributed by atoms with E-state index >= 15 is 0 Å². The molecular weight excluding hydrogens is 206 g/mol. The molecule has 0 amide bonds. The van der Waals surface area contributed by atoms with Crippen molar-refractivity contribution in [2.45, 2.75) is 12.6 Å².